The molecule has 0 bridgehead atoms. The molecule has 0 aromatic heterocycles. The maximum absolute atomic E-state index is 14.2. The molecule has 1 aliphatic rings. The zero-order valence-electron chi connectivity index (χ0n) is 22.6. The Labute approximate surface area is 232 Å². The number of aryl methyl sites for hydroxylation is 1. The van der Waals surface area contributed by atoms with Crippen molar-refractivity contribution in [1.29, 1.82) is 0 Å². The Morgan fingerprint density at radius 3 is 2.17 bits per heavy atom. The highest BCUT2D eigenvalue weighted by molar-refractivity contribution is 5.74. The number of urea groups is 2. The molecule has 1 heterocycles. The Kier molecular flexibility index (Phi) is 9.28. The van der Waals surface area contributed by atoms with E-state index < -0.39 is 63.6 Å². The summed E-state index contributed by atoms with van der Waals surface area (Å²) in [7, 11) is 1.21. The molecule has 4 N–H and O–H groups in total. The zero-order valence-corrected chi connectivity index (χ0v) is 22.6. The molecule has 226 valence electrons. The Morgan fingerprint density at radius 2 is 1.68 bits per heavy atom. The third kappa shape index (κ3) is 6.92. The summed E-state index contributed by atoms with van der Waals surface area (Å²) < 4.78 is 94.1. The standard InChI is InChI=1S/C27H31F7N4O3/c1-15-10-21(28)4-5-22(15)23-11-17(7-9-39)6-8-38(23,36-24(35)40)25(41)37(3)16(2)18-12-19(26(29,30)31)14-20(13-18)27(32,33)34/h4-5,10,12-14,16-17,23,39H,6-9,11H2,1-3H3,(H2-,35,36,40)/p+1/t16-,17+,23+,38?/m0/s1. The van der Waals surface area contributed by atoms with Crippen molar-refractivity contribution < 1.29 is 50.0 Å². The molecule has 1 aliphatic heterocycles. The Hall–Kier alpha value is -3.39. The van der Waals surface area contributed by atoms with Gasteiger partial charge in [0.2, 0.25) is 0 Å². The van der Waals surface area contributed by atoms with Crippen LogP contribution >= 0.6 is 0 Å². The number of quaternary nitrogens is 1. The molecule has 0 spiro atoms. The SMILES string of the molecule is Cc1cc(F)ccc1[C@H]1C[C@@H](CCO)CC[N+]1(NC(N)=O)C(=O)N(C)[C@@H](C)c1cc(C(F)(F)F)cc(C(F)(F)F)c1. The van der Waals surface area contributed by atoms with E-state index in [1.165, 1.54) is 32.2 Å². The number of carbonyl (C=O) groups excluding carboxylic acids is 2. The lowest BCUT2D eigenvalue weighted by Gasteiger charge is -2.47. The molecular formula is C27H32F7N4O3+. The van der Waals surface area contributed by atoms with Crippen molar-refractivity contribution >= 4 is 12.1 Å². The molecule has 1 unspecified atom stereocenters. The highest BCUT2D eigenvalue weighted by Gasteiger charge is 2.53. The Bertz CT molecular complexity index is 1250. The molecular weight excluding hydrogens is 561 g/mol. The minimum atomic E-state index is -5.08. The smallest absolute Gasteiger partial charge is 0.396 e. The van der Waals surface area contributed by atoms with Crippen LogP contribution in [-0.4, -0.2) is 46.9 Å². The second kappa shape index (κ2) is 11.8. The van der Waals surface area contributed by atoms with Gasteiger partial charge in [-0.2, -0.15) is 31.8 Å². The fourth-order valence-corrected chi connectivity index (χ4v) is 5.48. The largest absolute Gasteiger partial charge is 0.444 e. The number of primary amides is 1. The summed E-state index contributed by atoms with van der Waals surface area (Å²) >= 11 is 0. The van der Waals surface area contributed by atoms with Gasteiger partial charge in [0.25, 0.3) is 0 Å². The average molecular weight is 594 g/mol. The van der Waals surface area contributed by atoms with E-state index in [-0.39, 0.29) is 31.6 Å². The van der Waals surface area contributed by atoms with Gasteiger partial charge in [0.05, 0.1) is 17.2 Å². The predicted octanol–water partition coefficient (Wildman–Crippen LogP) is 6.22. The second-order valence-corrected chi connectivity index (χ2v) is 10.4. The quantitative estimate of drug-likeness (QED) is 0.284. The number of alkyl halides is 6. The van der Waals surface area contributed by atoms with Crippen LogP contribution in [0.4, 0.5) is 40.3 Å². The van der Waals surface area contributed by atoms with Crippen LogP contribution in [0.3, 0.4) is 0 Å². The number of aliphatic hydroxyl groups is 1. The van der Waals surface area contributed by atoms with Gasteiger partial charge in [-0.3, -0.25) is 4.90 Å². The zero-order chi connectivity index (χ0) is 30.9. The predicted molar refractivity (Wildman–Crippen MR) is 134 cm³/mol. The van der Waals surface area contributed by atoms with Crippen LogP contribution in [0.5, 0.6) is 0 Å². The molecule has 0 saturated carbocycles. The van der Waals surface area contributed by atoms with Gasteiger partial charge >= 0.3 is 24.4 Å². The second-order valence-electron chi connectivity index (χ2n) is 10.4. The normalized spacial score (nSPS) is 22.2. The molecule has 41 heavy (non-hydrogen) atoms. The molecule has 4 amide bonds. The summed E-state index contributed by atoms with van der Waals surface area (Å²) in [5.41, 5.74) is 5.40. The lowest BCUT2D eigenvalue weighted by atomic mass is 9.83. The van der Waals surface area contributed by atoms with E-state index in [1.54, 1.807) is 6.92 Å². The first-order valence-corrected chi connectivity index (χ1v) is 12.8. The van der Waals surface area contributed by atoms with Crippen molar-refractivity contribution in [2.24, 2.45) is 11.7 Å². The van der Waals surface area contributed by atoms with Crippen LogP contribution in [0.25, 0.3) is 0 Å². The monoisotopic (exact) mass is 593 g/mol. The molecule has 3 rings (SSSR count). The third-order valence-electron chi connectivity index (χ3n) is 7.73. The van der Waals surface area contributed by atoms with Gasteiger partial charge in [-0.25, -0.2) is 14.0 Å². The average Bonchev–Trinajstić information content (AvgIpc) is 2.87. The number of hydrogen-bond acceptors (Lipinski definition) is 3. The number of piperidine rings is 1. The first-order chi connectivity index (χ1) is 18.9. The molecule has 0 aliphatic carbocycles. The van der Waals surface area contributed by atoms with Crippen molar-refractivity contribution in [2.75, 3.05) is 20.2 Å². The van der Waals surface area contributed by atoms with E-state index in [0.717, 1.165) is 4.90 Å². The number of rotatable bonds is 5. The molecule has 4 atom stereocenters. The summed E-state index contributed by atoms with van der Waals surface area (Å²) in [5, 5.41) is 9.52. The van der Waals surface area contributed by atoms with E-state index >= 15 is 0 Å². The van der Waals surface area contributed by atoms with Gasteiger partial charge in [-0.1, -0.05) is 0 Å². The lowest BCUT2D eigenvalue weighted by Crippen LogP contribution is -2.71. The molecule has 1 fully saturated rings. The third-order valence-corrected chi connectivity index (χ3v) is 7.73. The van der Waals surface area contributed by atoms with Crippen LogP contribution in [0.2, 0.25) is 0 Å². The van der Waals surface area contributed by atoms with Crippen molar-refractivity contribution in [3.05, 3.63) is 70.0 Å². The minimum absolute atomic E-state index is 0.0000167. The van der Waals surface area contributed by atoms with Crippen LogP contribution in [0.15, 0.2) is 36.4 Å². The highest BCUT2D eigenvalue weighted by Crippen LogP contribution is 2.44. The van der Waals surface area contributed by atoms with Crippen molar-refractivity contribution in [3.8, 4) is 0 Å². The number of carbonyl (C=O) groups is 2. The number of amides is 4. The van der Waals surface area contributed by atoms with Gasteiger partial charge in [0, 0.05) is 32.1 Å². The number of aliphatic hydroxyl groups excluding tert-OH is 1. The minimum Gasteiger partial charge on any atom is -0.396 e. The van der Waals surface area contributed by atoms with E-state index in [2.05, 4.69) is 5.43 Å². The van der Waals surface area contributed by atoms with E-state index in [1.807, 2.05) is 0 Å². The number of nitrogens with zero attached hydrogens (tertiary/aromatic N) is 2. The summed E-state index contributed by atoms with van der Waals surface area (Å²) in [4.78, 5) is 27.4. The summed E-state index contributed by atoms with van der Waals surface area (Å²) in [6.45, 7) is 2.67. The summed E-state index contributed by atoms with van der Waals surface area (Å²) in [5.74, 6) is -0.652. The van der Waals surface area contributed by atoms with E-state index in [9.17, 15) is 45.4 Å². The summed E-state index contributed by atoms with van der Waals surface area (Å²) in [6, 6.07) is 0.850. The molecule has 14 heteroatoms. The number of nitrogens with two attached hydrogens (primary N) is 1. The van der Waals surface area contributed by atoms with Crippen LogP contribution in [-0.2, 0) is 12.4 Å². The Morgan fingerprint density at radius 1 is 1.10 bits per heavy atom. The molecule has 2 aromatic carbocycles. The fourth-order valence-electron chi connectivity index (χ4n) is 5.48. The van der Waals surface area contributed by atoms with E-state index in [4.69, 9.17) is 5.73 Å². The van der Waals surface area contributed by atoms with E-state index in [0.29, 0.717) is 36.1 Å². The molecule has 0 radical (unpaired) electrons. The van der Waals surface area contributed by atoms with Gasteiger partial charge < -0.3 is 10.8 Å². The van der Waals surface area contributed by atoms with Gasteiger partial charge in [-0.15, -0.1) is 4.59 Å². The van der Waals surface area contributed by atoms with Gasteiger partial charge in [0.1, 0.15) is 18.4 Å². The fraction of sp³-hybridized carbons (Fsp3) is 0.481. The van der Waals surface area contributed by atoms with Crippen molar-refractivity contribution in [3.63, 3.8) is 0 Å². The maximum atomic E-state index is 14.2. The Balaban J connectivity index is 2.14. The van der Waals surface area contributed by atoms with Gasteiger partial charge in [-0.05, 0) is 73.7 Å². The first-order valence-electron chi connectivity index (χ1n) is 12.8. The molecule has 7 nitrogen and oxygen atoms in total. The van der Waals surface area contributed by atoms with Crippen LogP contribution < -0.4 is 11.2 Å². The highest BCUT2D eigenvalue weighted by atomic mass is 19.4. The number of hydrogen-bond donors (Lipinski definition) is 3. The summed E-state index contributed by atoms with van der Waals surface area (Å²) in [6.07, 6.45) is -9.23. The number of benzene rings is 2. The number of nitrogens with one attached hydrogen (secondary N) is 1. The van der Waals surface area contributed by atoms with Crippen molar-refractivity contribution in [1.82, 2.24) is 10.3 Å². The number of halogens is 7. The molecule has 2 aromatic rings. The van der Waals surface area contributed by atoms with Crippen molar-refractivity contribution in [2.45, 2.75) is 57.5 Å². The molecule has 1 saturated heterocycles. The van der Waals surface area contributed by atoms with Crippen LogP contribution in [0.1, 0.15) is 66.1 Å². The lowest BCUT2D eigenvalue weighted by molar-refractivity contribution is -0.925. The van der Waals surface area contributed by atoms with Crippen LogP contribution in [0, 0.1) is 18.7 Å². The maximum Gasteiger partial charge on any atom is 0.444 e. The van der Waals surface area contributed by atoms with Gasteiger partial charge in [0.15, 0.2) is 0 Å². The first kappa shape index (κ1) is 32.1. The topological polar surface area (TPSA) is 95.7 Å². The number of likely N-dealkylation sites (tertiary alicyclic amines) is 1.